The Morgan fingerprint density at radius 3 is 2.42 bits per heavy atom. The molecule has 0 saturated carbocycles. The Morgan fingerprint density at radius 1 is 1.32 bits per heavy atom. The van der Waals surface area contributed by atoms with Gasteiger partial charge in [-0.15, -0.1) is 0 Å². The molecule has 19 heavy (non-hydrogen) atoms. The summed E-state index contributed by atoms with van der Waals surface area (Å²) in [5, 5.41) is 12.2. The predicted octanol–water partition coefficient (Wildman–Crippen LogP) is 2.64. The maximum atomic E-state index is 12.3. The molecule has 0 bridgehead atoms. The molecule has 1 N–H and O–H groups in total. The van der Waals surface area contributed by atoms with E-state index in [2.05, 4.69) is 10.1 Å². The van der Waals surface area contributed by atoms with Crippen LogP contribution in [-0.2, 0) is 6.18 Å². The van der Waals surface area contributed by atoms with Gasteiger partial charge in [-0.3, -0.25) is 0 Å². The van der Waals surface area contributed by atoms with Gasteiger partial charge < -0.3 is 5.11 Å². The third-order valence-corrected chi connectivity index (χ3v) is 2.60. The number of carboxylic acid groups (broad SMARTS) is 1. The summed E-state index contributed by atoms with van der Waals surface area (Å²) in [4.78, 5) is 14.3. The van der Waals surface area contributed by atoms with Crippen LogP contribution in [0, 0.1) is 0 Å². The van der Waals surface area contributed by atoms with Gasteiger partial charge in [0.1, 0.15) is 10.7 Å². The number of carbonyl (C=O) groups is 1. The molecule has 0 radical (unpaired) electrons. The van der Waals surface area contributed by atoms with Gasteiger partial charge in [0.05, 0.1) is 11.8 Å². The van der Waals surface area contributed by atoms with Crippen molar-refractivity contribution in [2.75, 3.05) is 0 Å². The summed E-state index contributed by atoms with van der Waals surface area (Å²) in [6, 6.07) is 1.86. The number of hydrogen-bond acceptors (Lipinski definition) is 3. The van der Waals surface area contributed by atoms with Crippen molar-refractivity contribution in [2.45, 2.75) is 6.18 Å². The zero-order valence-electron chi connectivity index (χ0n) is 9.02. The molecule has 0 atom stereocenters. The average Bonchev–Trinajstić information content (AvgIpc) is 2.70. The Kier molecular flexibility index (Phi) is 3.19. The van der Waals surface area contributed by atoms with E-state index in [4.69, 9.17) is 16.7 Å². The van der Waals surface area contributed by atoms with Gasteiger partial charge in [0.2, 0.25) is 0 Å². The van der Waals surface area contributed by atoms with Crippen molar-refractivity contribution in [2.24, 2.45) is 0 Å². The standard InChI is InChI=1S/C10H5ClF3N3O2/c11-8-6(9(18)19)4-16-17(8)7-2-1-5(3-15-7)10(12,13)14/h1-4H,(H,18,19). The molecule has 2 rings (SSSR count). The first-order valence-corrected chi connectivity index (χ1v) is 5.19. The summed E-state index contributed by atoms with van der Waals surface area (Å²) in [7, 11) is 0. The largest absolute Gasteiger partial charge is 0.478 e. The lowest BCUT2D eigenvalue weighted by Gasteiger charge is -2.07. The molecule has 0 unspecified atom stereocenters. The number of alkyl halides is 3. The first kappa shape index (κ1) is 13.3. The zero-order valence-corrected chi connectivity index (χ0v) is 9.77. The molecule has 2 heterocycles. The van der Waals surface area contributed by atoms with Crippen LogP contribution in [0.4, 0.5) is 13.2 Å². The van der Waals surface area contributed by atoms with Crippen LogP contribution in [0.1, 0.15) is 15.9 Å². The lowest BCUT2D eigenvalue weighted by atomic mass is 10.3. The summed E-state index contributed by atoms with van der Waals surface area (Å²) in [6.45, 7) is 0. The second kappa shape index (κ2) is 4.54. The third kappa shape index (κ3) is 2.53. The highest BCUT2D eigenvalue weighted by Gasteiger charge is 2.30. The summed E-state index contributed by atoms with van der Waals surface area (Å²) in [5.74, 6) is -1.30. The monoisotopic (exact) mass is 291 g/mol. The zero-order chi connectivity index (χ0) is 14.2. The van der Waals surface area contributed by atoms with E-state index in [0.717, 1.165) is 23.0 Å². The van der Waals surface area contributed by atoms with Crippen LogP contribution in [0.2, 0.25) is 5.15 Å². The maximum Gasteiger partial charge on any atom is 0.417 e. The van der Waals surface area contributed by atoms with Crippen molar-refractivity contribution in [1.82, 2.24) is 14.8 Å². The van der Waals surface area contributed by atoms with Gasteiger partial charge in [-0.25, -0.2) is 14.5 Å². The van der Waals surface area contributed by atoms with E-state index in [-0.39, 0.29) is 16.5 Å². The molecule has 0 aliphatic carbocycles. The first-order chi connectivity index (χ1) is 8.80. The van der Waals surface area contributed by atoms with Crippen molar-refractivity contribution in [1.29, 1.82) is 0 Å². The summed E-state index contributed by atoms with van der Waals surface area (Å²) in [5.41, 5.74) is -1.18. The fourth-order valence-corrected chi connectivity index (χ4v) is 1.58. The van der Waals surface area contributed by atoms with E-state index in [9.17, 15) is 18.0 Å². The highest BCUT2D eigenvalue weighted by molar-refractivity contribution is 6.32. The lowest BCUT2D eigenvalue weighted by molar-refractivity contribution is -0.137. The summed E-state index contributed by atoms with van der Waals surface area (Å²) >= 11 is 5.74. The number of pyridine rings is 1. The smallest absolute Gasteiger partial charge is 0.417 e. The van der Waals surface area contributed by atoms with E-state index >= 15 is 0 Å². The normalized spacial score (nSPS) is 11.6. The average molecular weight is 292 g/mol. The lowest BCUT2D eigenvalue weighted by Crippen LogP contribution is -2.07. The fourth-order valence-electron chi connectivity index (χ4n) is 1.32. The molecular weight excluding hydrogens is 287 g/mol. The maximum absolute atomic E-state index is 12.3. The Bertz CT molecular complexity index is 622. The Labute approximate surface area is 109 Å². The molecule has 0 aromatic carbocycles. The third-order valence-electron chi connectivity index (χ3n) is 2.23. The van der Waals surface area contributed by atoms with E-state index in [1.165, 1.54) is 0 Å². The van der Waals surface area contributed by atoms with Gasteiger partial charge in [0, 0.05) is 6.20 Å². The molecule has 5 nitrogen and oxygen atoms in total. The molecule has 0 saturated heterocycles. The van der Waals surface area contributed by atoms with Crippen molar-refractivity contribution in [3.05, 3.63) is 40.8 Å². The second-order valence-corrected chi connectivity index (χ2v) is 3.83. The van der Waals surface area contributed by atoms with Crippen molar-refractivity contribution in [3.63, 3.8) is 0 Å². The summed E-state index contributed by atoms with van der Waals surface area (Å²) < 4.78 is 38.0. The van der Waals surface area contributed by atoms with Gasteiger partial charge in [-0.05, 0) is 12.1 Å². The van der Waals surface area contributed by atoms with E-state index < -0.39 is 17.7 Å². The van der Waals surface area contributed by atoms with Crippen LogP contribution in [0.15, 0.2) is 24.5 Å². The quantitative estimate of drug-likeness (QED) is 0.923. The molecule has 9 heteroatoms. The minimum Gasteiger partial charge on any atom is -0.478 e. The van der Waals surface area contributed by atoms with Crippen LogP contribution in [0.3, 0.4) is 0 Å². The van der Waals surface area contributed by atoms with E-state index in [1.54, 1.807) is 0 Å². The SMILES string of the molecule is O=C(O)c1cnn(-c2ccc(C(F)(F)F)cn2)c1Cl. The van der Waals surface area contributed by atoms with Crippen LogP contribution in [-0.4, -0.2) is 25.8 Å². The Balaban J connectivity index is 2.41. The van der Waals surface area contributed by atoms with Crippen LogP contribution >= 0.6 is 11.6 Å². The second-order valence-electron chi connectivity index (χ2n) is 3.47. The van der Waals surface area contributed by atoms with Crippen molar-refractivity contribution < 1.29 is 23.1 Å². The molecule has 0 aliphatic rings. The van der Waals surface area contributed by atoms with Gasteiger partial charge in [0.15, 0.2) is 5.82 Å². The molecular formula is C10H5ClF3N3O2. The number of aromatic nitrogens is 3. The number of rotatable bonds is 2. The first-order valence-electron chi connectivity index (χ1n) is 4.81. The minimum absolute atomic E-state index is 0.00880. The van der Waals surface area contributed by atoms with Crippen LogP contribution in [0.25, 0.3) is 5.82 Å². The molecule has 0 aliphatic heterocycles. The number of aromatic carboxylic acids is 1. The fraction of sp³-hybridized carbons (Fsp3) is 0.100. The molecule has 2 aromatic heterocycles. The topological polar surface area (TPSA) is 68.0 Å². The van der Waals surface area contributed by atoms with Crippen molar-refractivity contribution >= 4 is 17.6 Å². The van der Waals surface area contributed by atoms with Gasteiger partial charge >= 0.3 is 12.1 Å². The Hall–Kier alpha value is -2.09. The summed E-state index contributed by atoms with van der Waals surface area (Å²) in [6.07, 6.45) is -2.89. The number of nitrogens with zero attached hydrogens (tertiary/aromatic N) is 3. The molecule has 100 valence electrons. The number of carboxylic acids is 1. The van der Waals surface area contributed by atoms with Crippen molar-refractivity contribution in [3.8, 4) is 5.82 Å². The highest BCUT2D eigenvalue weighted by Crippen LogP contribution is 2.29. The van der Waals surface area contributed by atoms with E-state index in [0.29, 0.717) is 6.20 Å². The van der Waals surface area contributed by atoms with Gasteiger partial charge in [-0.1, -0.05) is 11.6 Å². The predicted molar refractivity (Wildman–Crippen MR) is 58.3 cm³/mol. The minimum atomic E-state index is -4.49. The van der Waals surface area contributed by atoms with E-state index in [1.807, 2.05) is 0 Å². The van der Waals surface area contributed by atoms with Gasteiger partial charge in [-0.2, -0.15) is 18.3 Å². The van der Waals surface area contributed by atoms with Crippen LogP contribution in [0.5, 0.6) is 0 Å². The highest BCUT2D eigenvalue weighted by atomic mass is 35.5. The number of hydrogen-bond donors (Lipinski definition) is 1. The Morgan fingerprint density at radius 2 is 2.00 bits per heavy atom. The van der Waals surface area contributed by atoms with Crippen LogP contribution < -0.4 is 0 Å². The number of halogens is 4. The molecule has 0 amide bonds. The molecule has 2 aromatic rings. The molecule has 0 spiro atoms. The van der Waals surface area contributed by atoms with Gasteiger partial charge in [0.25, 0.3) is 0 Å². The molecule has 0 fully saturated rings.